The van der Waals surface area contributed by atoms with Gasteiger partial charge >= 0.3 is 0 Å². The molecule has 1 aromatic heterocycles. The summed E-state index contributed by atoms with van der Waals surface area (Å²) in [5.41, 5.74) is 1.87. The third-order valence-electron chi connectivity index (χ3n) is 4.23. The maximum atomic E-state index is 6.13. The smallest absolute Gasteiger partial charge is 0.224 e. The highest BCUT2D eigenvalue weighted by atomic mass is 35.5. The maximum absolute atomic E-state index is 6.13. The van der Waals surface area contributed by atoms with E-state index < -0.39 is 0 Å². The Bertz CT molecular complexity index is 749. The summed E-state index contributed by atoms with van der Waals surface area (Å²) in [4.78, 5) is 11.5. The number of methoxy groups -OCH3 is 1. The van der Waals surface area contributed by atoms with Crippen LogP contribution >= 0.6 is 11.6 Å². The standard InChI is InChI=1S/C19H26ClN5O/c1-25(2)10-4-9-21-19-23-15(13-5-6-13)12-18(24-19)22-16-11-14(20)7-8-17(16)26-3/h7-8,11-13H,4-6,9-10H2,1-3H3,(H2,21,22,23,24). The average molecular weight is 376 g/mol. The lowest BCUT2D eigenvalue weighted by molar-refractivity contribution is 0.405. The highest BCUT2D eigenvalue weighted by Gasteiger charge is 2.26. The lowest BCUT2D eigenvalue weighted by Gasteiger charge is -2.14. The minimum atomic E-state index is 0.544. The fourth-order valence-electron chi connectivity index (χ4n) is 2.71. The monoisotopic (exact) mass is 375 g/mol. The molecule has 6 nitrogen and oxygen atoms in total. The van der Waals surface area contributed by atoms with Crippen molar-refractivity contribution in [2.45, 2.75) is 25.2 Å². The molecule has 1 fully saturated rings. The molecule has 0 amide bonds. The third kappa shape index (κ3) is 5.22. The number of nitrogens with zero attached hydrogens (tertiary/aromatic N) is 3. The van der Waals surface area contributed by atoms with E-state index in [2.05, 4.69) is 39.6 Å². The molecule has 3 rings (SSSR count). The van der Waals surface area contributed by atoms with Crippen LogP contribution in [-0.2, 0) is 0 Å². The molecule has 140 valence electrons. The molecule has 1 heterocycles. The fraction of sp³-hybridized carbons (Fsp3) is 0.474. The summed E-state index contributed by atoms with van der Waals surface area (Å²) >= 11 is 6.13. The Hall–Kier alpha value is -2.05. The van der Waals surface area contributed by atoms with Gasteiger partial charge in [0, 0.05) is 23.6 Å². The molecular formula is C19H26ClN5O. The first-order valence-corrected chi connectivity index (χ1v) is 9.31. The first kappa shape index (κ1) is 18.7. The predicted molar refractivity (Wildman–Crippen MR) is 107 cm³/mol. The first-order valence-electron chi connectivity index (χ1n) is 8.93. The predicted octanol–water partition coefficient (Wildman–Crippen LogP) is 4.12. The number of hydrogen-bond acceptors (Lipinski definition) is 6. The molecule has 2 N–H and O–H groups in total. The van der Waals surface area contributed by atoms with Crippen molar-refractivity contribution in [1.29, 1.82) is 0 Å². The van der Waals surface area contributed by atoms with Gasteiger partial charge in [0.2, 0.25) is 5.95 Å². The quantitative estimate of drug-likeness (QED) is 0.643. The zero-order valence-electron chi connectivity index (χ0n) is 15.6. The van der Waals surface area contributed by atoms with Crippen LogP contribution in [0.25, 0.3) is 0 Å². The number of rotatable bonds is 9. The molecule has 2 aromatic rings. The summed E-state index contributed by atoms with van der Waals surface area (Å²) in [5.74, 6) is 2.68. The van der Waals surface area contributed by atoms with Gasteiger partial charge in [0.1, 0.15) is 11.6 Å². The van der Waals surface area contributed by atoms with Crippen LogP contribution in [0.15, 0.2) is 24.3 Å². The summed E-state index contributed by atoms with van der Waals surface area (Å²) < 4.78 is 5.41. The summed E-state index contributed by atoms with van der Waals surface area (Å²) in [6.45, 7) is 1.87. The van der Waals surface area contributed by atoms with E-state index in [1.54, 1.807) is 13.2 Å². The fourth-order valence-corrected chi connectivity index (χ4v) is 2.88. The van der Waals surface area contributed by atoms with Crippen LogP contribution in [0.4, 0.5) is 17.5 Å². The molecule has 0 bridgehead atoms. The Balaban J connectivity index is 1.77. The Labute approximate surface area is 159 Å². The van der Waals surface area contributed by atoms with Gasteiger partial charge in [0.05, 0.1) is 18.5 Å². The van der Waals surface area contributed by atoms with Crippen LogP contribution in [0, 0.1) is 0 Å². The largest absolute Gasteiger partial charge is 0.495 e. The minimum Gasteiger partial charge on any atom is -0.495 e. The SMILES string of the molecule is COc1ccc(Cl)cc1Nc1cc(C2CC2)nc(NCCCN(C)C)n1. The van der Waals surface area contributed by atoms with Crippen LogP contribution in [0.3, 0.4) is 0 Å². The second kappa shape index (κ2) is 8.56. The van der Waals surface area contributed by atoms with Crippen LogP contribution < -0.4 is 15.4 Å². The second-order valence-electron chi connectivity index (χ2n) is 6.83. The van der Waals surface area contributed by atoms with Crippen molar-refractivity contribution >= 4 is 29.1 Å². The zero-order chi connectivity index (χ0) is 18.5. The molecule has 7 heteroatoms. The van der Waals surface area contributed by atoms with E-state index in [4.69, 9.17) is 16.3 Å². The highest BCUT2D eigenvalue weighted by molar-refractivity contribution is 6.31. The molecule has 1 aliphatic rings. The maximum Gasteiger partial charge on any atom is 0.224 e. The van der Waals surface area contributed by atoms with Gasteiger partial charge < -0.3 is 20.3 Å². The van der Waals surface area contributed by atoms with E-state index in [1.807, 2.05) is 18.2 Å². The van der Waals surface area contributed by atoms with Crippen molar-refractivity contribution in [2.75, 3.05) is 44.9 Å². The van der Waals surface area contributed by atoms with Gasteiger partial charge in [-0.2, -0.15) is 4.98 Å². The number of aromatic nitrogens is 2. The van der Waals surface area contributed by atoms with Gasteiger partial charge in [-0.3, -0.25) is 0 Å². The molecule has 1 aliphatic carbocycles. The van der Waals surface area contributed by atoms with Crippen molar-refractivity contribution in [3.05, 3.63) is 35.0 Å². The van der Waals surface area contributed by atoms with Crippen LogP contribution in [0.2, 0.25) is 5.02 Å². The lowest BCUT2D eigenvalue weighted by Crippen LogP contribution is -2.17. The second-order valence-corrected chi connectivity index (χ2v) is 7.27. The topological polar surface area (TPSA) is 62.3 Å². The Morgan fingerprint density at radius 2 is 2.04 bits per heavy atom. The van der Waals surface area contributed by atoms with Crippen LogP contribution in [0.1, 0.15) is 30.9 Å². The molecular weight excluding hydrogens is 350 g/mol. The van der Waals surface area contributed by atoms with E-state index in [1.165, 1.54) is 12.8 Å². The summed E-state index contributed by atoms with van der Waals surface area (Å²) in [5, 5.41) is 7.32. The minimum absolute atomic E-state index is 0.544. The molecule has 0 saturated heterocycles. The summed E-state index contributed by atoms with van der Waals surface area (Å²) in [6, 6.07) is 7.50. The van der Waals surface area contributed by atoms with Gasteiger partial charge in [-0.25, -0.2) is 4.98 Å². The van der Waals surface area contributed by atoms with Crippen molar-refractivity contribution in [2.24, 2.45) is 0 Å². The third-order valence-corrected chi connectivity index (χ3v) is 4.47. The molecule has 0 atom stereocenters. The summed E-state index contributed by atoms with van der Waals surface area (Å²) in [7, 11) is 5.79. The number of hydrogen-bond donors (Lipinski definition) is 2. The molecule has 1 saturated carbocycles. The molecule has 0 radical (unpaired) electrons. The van der Waals surface area contributed by atoms with Gasteiger partial charge in [-0.15, -0.1) is 0 Å². The number of benzene rings is 1. The highest BCUT2D eigenvalue weighted by Crippen LogP contribution is 2.40. The Morgan fingerprint density at radius 1 is 1.23 bits per heavy atom. The van der Waals surface area contributed by atoms with Gasteiger partial charge in [0.25, 0.3) is 0 Å². The molecule has 0 unspecified atom stereocenters. The molecule has 0 spiro atoms. The van der Waals surface area contributed by atoms with Gasteiger partial charge in [0.15, 0.2) is 0 Å². The van der Waals surface area contributed by atoms with Crippen molar-refractivity contribution in [3.63, 3.8) is 0 Å². The van der Waals surface area contributed by atoms with Gasteiger partial charge in [-0.05, 0) is 58.1 Å². The van der Waals surface area contributed by atoms with E-state index in [0.29, 0.717) is 16.9 Å². The van der Waals surface area contributed by atoms with Crippen molar-refractivity contribution < 1.29 is 4.74 Å². The normalized spacial score (nSPS) is 13.7. The van der Waals surface area contributed by atoms with E-state index in [0.717, 1.165) is 42.5 Å². The van der Waals surface area contributed by atoms with E-state index in [-0.39, 0.29) is 0 Å². The molecule has 26 heavy (non-hydrogen) atoms. The number of anilines is 3. The van der Waals surface area contributed by atoms with Crippen molar-refractivity contribution in [1.82, 2.24) is 14.9 Å². The lowest BCUT2D eigenvalue weighted by atomic mass is 10.2. The number of nitrogens with one attached hydrogen (secondary N) is 2. The average Bonchev–Trinajstić information content (AvgIpc) is 3.44. The number of halogens is 1. The molecule has 1 aromatic carbocycles. The van der Waals surface area contributed by atoms with Gasteiger partial charge in [-0.1, -0.05) is 11.6 Å². The first-order chi connectivity index (χ1) is 12.5. The molecule has 0 aliphatic heterocycles. The summed E-state index contributed by atoms with van der Waals surface area (Å²) in [6.07, 6.45) is 3.42. The van der Waals surface area contributed by atoms with E-state index >= 15 is 0 Å². The van der Waals surface area contributed by atoms with Crippen molar-refractivity contribution in [3.8, 4) is 5.75 Å². The Morgan fingerprint density at radius 3 is 2.73 bits per heavy atom. The van der Waals surface area contributed by atoms with E-state index in [9.17, 15) is 0 Å². The Kier molecular flexibility index (Phi) is 6.16. The zero-order valence-corrected chi connectivity index (χ0v) is 16.3. The number of ether oxygens (including phenoxy) is 1. The van der Waals surface area contributed by atoms with Crippen LogP contribution in [-0.4, -0.2) is 49.2 Å². The van der Waals surface area contributed by atoms with Crippen LogP contribution in [0.5, 0.6) is 5.75 Å².